The van der Waals surface area contributed by atoms with Gasteiger partial charge in [0.1, 0.15) is 11.7 Å². The number of amidine groups is 1. The molecule has 2 aromatic rings. The van der Waals surface area contributed by atoms with Crippen molar-refractivity contribution in [2.24, 2.45) is 5.10 Å². The summed E-state index contributed by atoms with van der Waals surface area (Å²) < 4.78 is 13.1. The van der Waals surface area contributed by atoms with Gasteiger partial charge in [0.05, 0.1) is 11.7 Å². The summed E-state index contributed by atoms with van der Waals surface area (Å²) in [5.41, 5.74) is 1.88. The fourth-order valence-corrected chi connectivity index (χ4v) is 2.43. The zero-order valence-electron chi connectivity index (χ0n) is 11.2. The minimum atomic E-state index is -0.288. The van der Waals surface area contributed by atoms with Crippen molar-refractivity contribution in [3.63, 3.8) is 0 Å². The quantitative estimate of drug-likeness (QED) is 0.880. The van der Waals surface area contributed by atoms with Crippen molar-refractivity contribution in [2.75, 3.05) is 5.01 Å². The van der Waals surface area contributed by atoms with Crippen LogP contribution in [-0.2, 0) is 4.79 Å². The Hall–Kier alpha value is -2.69. The number of anilines is 1. The van der Waals surface area contributed by atoms with Gasteiger partial charge in [-0.15, -0.1) is 0 Å². The molecule has 1 aliphatic heterocycles. The summed E-state index contributed by atoms with van der Waals surface area (Å²) >= 11 is 0. The SMILES string of the molecule is O=CNC1=NN(c2ccc(F)cc2)C(c2ccccc2)C1. The lowest BCUT2D eigenvalue weighted by atomic mass is 10.0. The first-order valence-corrected chi connectivity index (χ1v) is 6.65. The summed E-state index contributed by atoms with van der Waals surface area (Å²) in [5.74, 6) is 0.313. The van der Waals surface area contributed by atoms with Gasteiger partial charge >= 0.3 is 0 Å². The third-order valence-corrected chi connectivity index (χ3v) is 3.41. The molecule has 106 valence electrons. The molecule has 0 aliphatic carbocycles. The number of carbonyl (C=O) groups is 1. The van der Waals surface area contributed by atoms with E-state index in [-0.39, 0.29) is 11.9 Å². The van der Waals surface area contributed by atoms with Crippen molar-refractivity contribution in [3.8, 4) is 0 Å². The van der Waals surface area contributed by atoms with E-state index >= 15 is 0 Å². The third kappa shape index (κ3) is 2.76. The van der Waals surface area contributed by atoms with Crippen LogP contribution < -0.4 is 10.3 Å². The van der Waals surface area contributed by atoms with Gasteiger partial charge in [0.25, 0.3) is 0 Å². The van der Waals surface area contributed by atoms with E-state index in [1.54, 1.807) is 17.1 Å². The lowest BCUT2D eigenvalue weighted by Gasteiger charge is -2.23. The van der Waals surface area contributed by atoms with Crippen LogP contribution >= 0.6 is 0 Å². The summed E-state index contributed by atoms with van der Waals surface area (Å²) in [6, 6.07) is 16.0. The van der Waals surface area contributed by atoms with Crippen LogP contribution in [0, 0.1) is 5.82 Å². The summed E-state index contributed by atoms with van der Waals surface area (Å²) in [6.45, 7) is 0. The molecule has 0 radical (unpaired) electrons. The standard InChI is InChI=1S/C16H14FN3O/c17-13-6-8-14(9-7-13)20-15(10-16(19-20)18-11-21)12-4-2-1-3-5-12/h1-9,11,15H,10H2,(H,18,19,21). The Balaban J connectivity index is 1.95. The summed E-state index contributed by atoms with van der Waals surface area (Å²) in [7, 11) is 0. The molecule has 21 heavy (non-hydrogen) atoms. The van der Waals surface area contributed by atoms with Gasteiger partial charge in [-0.05, 0) is 29.8 Å². The van der Waals surface area contributed by atoms with E-state index in [0.29, 0.717) is 18.7 Å². The smallest absolute Gasteiger partial charge is 0.212 e. The molecule has 1 aliphatic rings. The van der Waals surface area contributed by atoms with Crippen LogP contribution in [0.1, 0.15) is 18.0 Å². The molecule has 1 N–H and O–H groups in total. The van der Waals surface area contributed by atoms with Crippen LogP contribution in [0.5, 0.6) is 0 Å². The largest absolute Gasteiger partial charge is 0.315 e. The predicted molar refractivity (Wildman–Crippen MR) is 79.3 cm³/mol. The number of nitrogens with zero attached hydrogens (tertiary/aromatic N) is 2. The van der Waals surface area contributed by atoms with E-state index in [2.05, 4.69) is 10.4 Å². The van der Waals surface area contributed by atoms with E-state index in [1.165, 1.54) is 12.1 Å². The maximum atomic E-state index is 13.1. The van der Waals surface area contributed by atoms with E-state index in [0.717, 1.165) is 11.3 Å². The maximum Gasteiger partial charge on any atom is 0.212 e. The van der Waals surface area contributed by atoms with Gasteiger partial charge in [-0.1, -0.05) is 30.3 Å². The van der Waals surface area contributed by atoms with E-state index in [4.69, 9.17) is 0 Å². The Morgan fingerprint density at radius 3 is 2.52 bits per heavy atom. The molecule has 0 bridgehead atoms. The lowest BCUT2D eigenvalue weighted by molar-refractivity contribution is -0.108. The number of carbonyl (C=O) groups excluding carboxylic acids is 1. The highest BCUT2D eigenvalue weighted by Crippen LogP contribution is 2.34. The Bertz CT molecular complexity index is 655. The van der Waals surface area contributed by atoms with Gasteiger partial charge < -0.3 is 5.32 Å². The third-order valence-electron chi connectivity index (χ3n) is 3.41. The number of hydrogen-bond acceptors (Lipinski definition) is 3. The van der Waals surface area contributed by atoms with E-state index < -0.39 is 0 Å². The highest BCUT2D eigenvalue weighted by Gasteiger charge is 2.29. The Labute approximate surface area is 121 Å². The number of halogens is 1. The number of hydrazone groups is 1. The van der Waals surface area contributed by atoms with Crippen LogP contribution in [0.25, 0.3) is 0 Å². The van der Waals surface area contributed by atoms with Gasteiger partial charge in [-0.3, -0.25) is 9.80 Å². The molecule has 0 aromatic heterocycles. The second-order valence-electron chi connectivity index (χ2n) is 4.76. The van der Waals surface area contributed by atoms with Gasteiger partial charge in [0.15, 0.2) is 0 Å². The van der Waals surface area contributed by atoms with Crippen LogP contribution in [0.4, 0.5) is 10.1 Å². The average molecular weight is 283 g/mol. The molecule has 0 saturated heterocycles. The van der Waals surface area contributed by atoms with Gasteiger partial charge in [0, 0.05) is 6.42 Å². The first-order valence-electron chi connectivity index (χ1n) is 6.65. The molecule has 5 heteroatoms. The van der Waals surface area contributed by atoms with Crippen molar-refractivity contribution >= 4 is 17.9 Å². The predicted octanol–water partition coefficient (Wildman–Crippen LogP) is 2.84. The second kappa shape index (κ2) is 5.75. The monoisotopic (exact) mass is 283 g/mol. The number of nitrogens with one attached hydrogen (secondary N) is 1. The van der Waals surface area contributed by atoms with E-state index in [1.807, 2.05) is 30.3 Å². The lowest BCUT2D eigenvalue weighted by Crippen LogP contribution is -2.20. The number of benzene rings is 2. The minimum absolute atomic E-state index is 0.0147. The normalized spacial score (nSPS) is 17.5. The molecule has 0 spiro atoms. The molecular formula is C16H14FN3O. The summed E-state index contributed by atoms with van der Waals surface area (Å²) in [4.78, 5) is 10.6. The molecule has 1 amide bonds. The zero-order chi connectivity index (χ0) is 14.7. The van der Waals surface area contributed by atoms with Gasteiger partial charge in [0.2, 0.25) is 6.41 Å². The molecule has 1 atom stereocenters. The second-order valence-corrected chi connectivity index (χ2v) is 4.76. The fourth-order valence-electron chi connectivity index (χ4n) is 2.43. The summed E-state index contributed by atoms with van der Waals surface area (Å²) in [5, 5.41) is 8.84. The molecule has 1 unspecified atom stereocenters. The van der Waals surface area contributed by atoms with Crippen LogP contribution in [0.15, 0.2) is 59.7 Å². The number of rotatable bonds is 3. The highest BCUT2D eigenvalue weighted by atomic mass is 19.1. The highest BCUT2D eigenvalue weighted by molar-refractivity contribution is 5.93. The van der Waals surface area contributed by atoms with Crippen molar-refractivity contribution in [3.05, 3.63) is 66.0 Å². The van der Waals surface area contributed by atoms with Crippen molar-refractivity contribution < 1.29 is 9.18 Å². The van der Waals surface area contributed by atoms with Crippen LogP contribution in [-0.4, -0.2) is 12.2 Å². The van der Waals surface area contributed by atoms with Gasteiger partial charge in [-0.2, -0.15) is 5.10 Å². The average Bonchev–Trinajstić information content (AvgIpc) is 2.93. The van der Waals surface area contributed by atoms with Crippen LogP contribution in [0.3, 0.4) is 0 Å². The number of hydrogen-bond donors (Lipinski definition) is 1. The summed E-state index contributed by atoms with van der Waals surface area (Å²) in [6.07, 6.45) is 1.22. The molecule has 0 fully saturated rings. The van der Waals surface area contributed by atoms with Crippen molar-refractivity contribution in [1.29, 1.82) is 0 Å². The molecule has 1 heterocycles. The van der Waals surface area contributed by atoms with Crippen molar-refractivity contribution in [2.45, 2.75) is 12.5 Å². The Morgan fingerprint density at radius 2 is 1.86 bits per heavy atom. The van der Waals surface area contributed by atoms with Crippen LogP contribution in [0.2, 0.25) is 0 Å². The fraction of sp³-hybridized carbons (Fsp3) is 0.125. The topological polar surface area (TPSA) is 44.7 Å². The van der Waals surface area contributed by atoms with Gasteiger partial charge in [-0.25, -0.2) is 4.39 Å². The number of amides is 1. The molecule has 2 aromatic carbocycles. The molecular weight excluding hydrogens is 269 g/mol. The Kier molecular flexibility index (Phi) is 3.64. The first kappa shape index (κ1) is 13.3. The zero-order valence-corrected chi connectivity index (χ0v) is 11.2. The van der Waals surface area contributed by atoms with E-state index in [9.17, 15) is 9.18 Å². The van der Waals surface area contributed by atoms with Crippen molar-refractivity contribution in [1.82, 2.24) is 5.32 Å². The minimum Gasteiger partial charge on any atom is -0.315 e. The molecule has 4 nitrogen and oxygen atoms in total. The maximum absolute atomic E-state index is 13.1. The molecule has 0 saturated carbocycles. The first-order chi connectivity index (χ1) is 10.3. The molecule has 3 rings (SSSR count). The Morgan fingerprint density at radius 1 is 1.14 bits per heavy atom.